The Bertz CT molecular complexity index is 654. The summed E-state index contributed by atoms with van der Waals surface area (Å²) in [6, 6.07) is 1.83. The van der Waals surface area contributed by atoms with Gasteiger partial charge in [0.25, 0.3) is 5.56 Å². The van der Waals surface area contributed by atoms with Gasteiger partial charge in [0.15, 0.2) is 4.77 Å². The van der Waals surface area contributed by atoms with Crippen LogP contribution in [0.5, 0.6) is 0 Å². The second-order valence-corrected chi connectivity index (χ2v) is 6.18. The molecule has 0 bridgehead atoms. The van der Waals surface area contributed by atoms with E-state index in [0.717, 1.165) is 17.9 Å². The van der Waals surface area contributed by atoms with Gasteiger partial charge in [0.05, 0.1) is 5.39 Å². The lowest BCUT2D eigenvalue weighted by atomic mass is 10.2. The number of hydrogen-bond donors (Lipinski definition) is 1. The SMILES string of the molecule is CC(C)COCCCn1c(=S)[nH]c2sccc2c1=O. The summed E-state index contributed by atoms with van der Waals surface area (Å²) < 4.78 is 7.62. The monoisotopic (exact) mass is 298 g/mol. The van der Waals surface area contributed by atoms with Gasteiger partial charge in [0.1, 0.15) is 4.83 Å². The van der Waals surface area contributed by atoms with Gasteiger partial charge >= 0.3 is 0 Å². The number of ether oxygens (including phenoxy) is 1. The highest BCUT2D eigenvalue weighted by atomic mass is 32.1. The largest absolute Gasteiger partial charge is 0.381 e. The summed E-state index contributed by atoms with van der Waals surface area (Å²) in [5.74, 6) is 0.535. The minimum atomic E-state index is -0.0103. The molecular formula is C13H18N2O2S2. The van der Waals surface area contributed by atoms with E-state index in [1.807, 2.05) is 11.4 Å². The number of aromatic nitrogens is 2. The standard InChI is InChI=1S/C13H18N2O2S2/c1-9(2)8-17-6-3-5-15-12(16)10-4-7-19-11(10)14-13(15)18/h4,7,9H,3,5-6,8H2,1-2H3,(H,14,18). The average molecular weight is 298 g/mol. The summed E-state index contributed by atoms with van der Waals surface area (Å²) in [6.07, 6.45) is 0.791. The maximum atomic E-state index is 12.2. The Morgan fingerprint density at radius 1 is 1.53 bits per heavy atom. The molecule has 0 aliphatic carbocycles. The van der Waals surface area contributed by atoms with E-state index in [0.29, 0.717) is 29.2 Å². The molecule has 2 aromatic heterocycles. The Labute approximate surface area is 121 Å². The van der Waals surface area contributed by atoms with Gasteiger partial charge in [-0.15, -0.1) is 11.3 Å². The van der Waals surface area contributed by atoms with Crippen molar-refractivity contribution >= 4 is 33.8 Å². The molecule has 0 aliphatic heterocycles. The lowest BCUT2D eigenvalue weighted by Gasteiger charge is -2.08. The molecule has 2 rings (SSSR count). The molecule has 104 valence electrons. The van der Waals surface area contributed by atoms with E-state index in [9.17, 15) is 4.79 Å². The highest BCUT2D eigenvalue weighted by Crippen LogP contribution is 2.14. The van der Waals surface area contributed by atoms with Gasteiger partial charge in [-0.25, -0.2) is 0 Å². The average Bonchev–Trinajstić information content (AvgIpc) is 2.80. The van der Waals surface area contributed by atoms with E-state index in [1.165, 1.54) is 11.3 Å². The summed E-state index contributed by atoms with van der Waals surface area (Å²) in [6.45, 7) is 6.24. The van der Waals surface area contributed by atoms with Gasteiger partial charge in [-0.1, -0.05) is 13.8 Å². The fourth-order valence-electron chi connectivity index (χ4n) is 1.82. The van der Waals surface area contributed by atoms with Crippen molar-refractivity contribution in [3.8, 4) is 0 Å². The number of hydrogen-bond acceptors (Lipinski definition) is 4. The van der Waals surface area contributed by atoms with Crippen LogP contribution in [0.15, 0.2) is 16.2 Å². The lowest BCUT2D eigenvalue weighted by Crippen LogP contribution is -2.22. The van der Waals surface area contributed by atoms with Crippen molar-refractivity contribution in [1.82, 2.24) is 9.55 Å². The van der Waals surface area contributed by atoms with E-state index in [1.54, 1.807) is 4.57 Å². The molecule has 2 heterocycles. The van der Waals surface area contributed by atoms with Gasteiger partial charge in [0.2, 0.25) is 0 Å². The highest BCUT2D eigenvalue weighted by molar-refractivity contribution is 7.71. The number of H-pyrrole nitrogens is 1. The number of aromatic amines is 1. The molecule has 0 amide bonds. The molecule has 4 nitrogen and oxygen atoms in total. The van der Waals surface area contributed by atoms with Crippen LogP contribution in [-0.4, -0.2) is 22.8 Å². The summed E-state index contributed by atoms with van der Waals surface area (Å²) in [4.78, 5) is 16.2. The van der Waals surface area contributed by atoms with Crippen LogP contribution < -0.4 is 5.56 Å². The van der Waals surface area contributed by atoms with Crippen LogP contribution in [0.2, 0.25) is 0 Å². The number of rotatable bonds is 6. The molecule has 0 radical (unpaired) electrons. The Morgan fingerprint density at radius 3 is 3.05 bits per heavy atom. The quantitative estimate of drug-likeness (QED) is 0.658. The van der Waals surface area contributed by atoms with Crippen molar-refractivity contribution in [2.24, 2.45) is 5.92 Å². The van der Waals surface area contributed by atoms with Crippen molar-refractivity contribution in [2.75, 3.05) is 13.2 Å². The van der Waals surface area contributed by atoms with E-state index >= 15 is 0 Å². The Kier molecular flexibility index (Phi) is 4.90. The molecule has 0 aromatic carbocycles. The predicted molar refractivity (Wildman–Crippen MR) is 81.5 cm³/mol. The molecule has 0 saturated carbocycles. The third kappa shape index (κ3) is 3.52. The molecule has 19 heavy (non-hydrogen) atoms. The van der Waals surface area contributed by atoms with Gasteiger partial charge < -0.3 is 9.72 Å². The smallest absolute Gasteiger partial charge is 0.263 e. The van der Waals surface area contributed by atoms with E-state index < -0.39 is 0 Å². The molecule has 0 unspecified atom stereocenters. The van der Waals surface area contributed by atoms with Crippen LogP contribution >= 0.6 is 23.6 Å². The zero-order valence-corrected chi connectivity index (χ0v) is 12.8. The zero-order chi connectivity index (χ0) is 13.8. The molecule has 1 N–H and O–H groups in total. The first kappa shape index (κ1) is 14.4. The summed E-state index contributed by atoms with van der Waals surface area (Å²) in [5.41, 5.74) is -0.0103. The molecule has 6 heteroatoms. The molecule has 0 aliphatic rings. The van der Waals surface area contributed by atoms with Crippen molar-refractivity contribution in [1.29, 1.82) is 0 Å². The molecule has 0 atom stereocenters. The first-order valence-electron chi connectivity index (χ1n) is 6.37. The van der Waals surface area contributed by atoms with Crippen LogP contribution in [0.25, 0.3) is 10.2 Å². The summed E-state index contributed by atoms with van der Waals surface area (Å²) >= 11 is 6.73. The van der Waals surface area contributed by atoms with Gasteiger partial charge in [-0.3, -0.25) is 9.36 Å². The minimum absolute atomic E-state index is 0.0103. The second-order valence-electron chi connectivity index (χ2n) is 4.87. The van der Waals surface area contributed by atoms with Gasteiger partial charge in [-0.2, -0.15) is 0 Å². The number of nitrogens with one attached hydrogen (secondary N) is 1. The fraction of sp³-hybridized carbons (Fsp3) is 0.538. The lowest BCUT2D eigenvalue weighted by molar-refractivity contribution is 0.105. The van der Waals surface area contributed by atoms with Crippen LogP contribution in [0, 0.1) is 10.7 Å². The molecular weight excluding hydrogens is 280 g/mol. The number of nitrogens with zero attached hydrogens (tertiary/aromatic N) is 1. The van der Waals surface area contributed by atoms with Crippen molar-refractivity contribution in [3.63, 3.8) is 0 Å². The van der Waals surface area contributed by atoms with Crippen LogP contribution in [-0.2, 0) is 11.3 Å². The third-order valence-electron chi connectivity index (χ3n) is 2.73. The second kappa shape index (κ2) is 6.45. The molecule has 0 spiro atoms. The van der Waals surface area contributed by atoms with Crippen molar-refractivity contribution in [2.45, 2.75) is 26.8 Å². The first-order chi connectivity index (χ1) is 9.09. The molecule has 0 saturated heterocycles. The van der Waals surface area contributed by atoms with E-state index in [4.69, 9.17) is 17.0 Å². The molecule has 0 fully saturated rings. The van der Waals surface area contributed by atoms with Crippen LogP contribution in [0.3, 0.4) is 0 Å². The van der Waals surface area contributed by atoms with Gasteiger partial charge in [-0.05, 0) is 36.0 Å². The first-order valence-corrected chi connectivity index (χ1v) is 7.66. The van der Waals surface area contributed by atoms with Crippen LogP contribution in [0.1, 0.15) is 20.3 Å². The van der Waals surface area contributed by atoms with E-state index in [2.05, 4.69) is 18.8 Å². The van der Waals surface area contributed by atoms with Crippen molar-refractivity contribution in [3.05, 3.63) is 26.6 Å². The maximum Gasteiger partial charge on any atom is 0.263 e. The Balaban J connectivity index is 2.04. The zero-order valence-electron chi connectivity index (χ0n) is 11.1. The Morgan fingerprint density at radius 2 is 2.32 bits per heavy atom. The summed E-state index contributed by atoms with van der Waals surface area (Å²) in [5, 5.41) is 2.61. The highest BCUT2D eigenvalue weighted by Gasteiger charge is 2.06. The van der Waals surface area contributed by atoms with Crippen LogP contribution in [0.4, 0.5) is 0 Å². The topological polar surface area (TPSA) is 47.0 Å². The number of thiophene rings is 1. The normalized spacial score (nSPS) is 11.5. The van der Waals surface area contributed by atoms with E-state index in [-0.39, 0.29) is 5.56 Å². The van der Waals surface area contributed by atoms with Crippen molar-refractivity contribution < 1.29 is 4.74 Å². The third-order valence-corrected chi connectivity index (χ3v) is 3.88. The predicted octanol–water partition coefficient (Wildman–Crippen LogP) is 3.18. The molecule has 2 aromatic rings. The summed E-state index contributed by atoms with van der Waals surface area (Å²) in [7, 11) is 0. The van der Waals surface area contributed by atoms with Gasteiger partial charge in [0, 0.05) is 19.8 Å². The minimum Gasteiger partial charge on any atom is -0.381 e. The Hall–Kier alpha value is -0.980. The fourth-order valence-corrected chi connectivity index (χ4v) is 2.94. The maximum absolute atomic E-state index is 12.2. The number of fused-ring (bicyclic) bond motifs is 1.